The van der Waals surface area contributed by atoms with Crippen molar-refractivity contribution in [3.8, 4) is 0 Å². The van der Waals surface area contributed by atoms with Gasteiger partial charge in [0.15, 0.2) is 0 Å². The van der Waals surface area contributed by atoms with Crippen molar-refractivity contribution in [1.29, 1.82) is 0 Å². The lowest BCUT2D eigenvalue weighted by Crippen LogP contribution is -2.15. The molecule has 0 saturated carbocycles. The molecule has 0 bridgehead atoms. The molecule has 0 spiro atoms. The summed E-state index contributed by atoms with van der Waals surface area (Å²) in [6, 6.07) is 10.3. The molecule has 4 nitrogen and oxygen atoms in total. The van der Waals surface area contributed by atoms with Crippen LogP contribution in [0, 0.1) is 0 Å². The van der Waals surface area contributed by atoms with Crippen LogP contribution in [0.15, 0.2) is 36.5 Å². The summed E-state index contributed by atoms with van der Waals surface area (Å²) in [7, 11) is 0. The minimum absolute atomic E-state index is 0.365. The number of hydrogen-bond acceptors (Lipinski definition) is 3. The van der Waals surface area contributed by atoms with Gasteiger partial charge in [-0.05, 0) is 17.5 Å². The van der Waals surface area contributed by atoms with Gasteiger partial charge < -0.3 is 20.3 Å². The predicted molar refractivity (Wildman–Crippen MR) is 58.5 cm³/mol. The molecule has 0 aliphatic carbocycles. The number of para-hydroxylation sites is 1. The van der Waals surface area contributed by atoms with Gasteiger partial charge in [0.05, 0.1) is 13.2 Å². The van der Waals surface area contributed by atoms with Crippen molar-refractivity contribution in [1.82, 2.24) is 4.98 Å². The maximum absolute atomic E-state index is 8.17. The van der Waals surface area contributed by atoms with Crippen LogP contribution in [0.1, 0.15) is 0 Å². The Bertz CT molecular complexity index is 352. The molecule has 0 aliphatic heterocycles. The summed E-state index contributed by atoms with van der Waals surface area (Å²) < 4.78 is 0. The van der Waals surface area contributed by atoms with Crippen LogP contribution in [0.4, 0.5) is 0 Å². The summed E-state index contributed by atoms with van der Waals surface area (Å²) >= 11 is 0. The lowest BCUT2D eigenvalue weighted by atomic mass is 10.3. The molecule has 1 aromatic heterocycles. The van der Waals surface area contributed by atoms with Crippen LogP contribution in [0.2, 0.25) is 0 Å². The maximum atomic E-state index is 8.17. The molecule has 0 fully saturated rings. The number of aliphatic hydroxyl groups is 3. The van der Waals surface area contributed by atoms with Gasteiger partial charge in [0, 0.05) is 11.7 Å². The molecular weight excluding hydrogens is 194 g/mol. The van der Waals surface area contributed by atoms with Gasteiger partial charge in [0.1, 0.15) is 6.10 Å². The summed E-state index contributed by atoms with van der Waals surface area (Å²) in [5.41, 5.74) is 1.21. The molecule has 0 atom stereocenters. The van der Waals surface area contributed by atoms with E-state index in [1.807, 2.05) is 18.3 Å². The van der Waals surface area contributed by atoms with Crippen molar-refractivity contribution >= 4 is 10.9 Å². The Kier molecular flexibility index (Phi) is 4.83. The molecular formula is C11H15NO3. The van der Waals surface area contributed by atoms with Crippen molar-refractivity contribution in [2.75, 3.05) is 13.2 Å². The highest BCUT2D eigenvalue weighted by Crippen LogP contribution is 2.09. The average Bonchev–Trinajstić information content (AvgIpc) is 2.76. The molecule has 0 unspecified atom stereocenters. The van der Waals surface area contributed by atoms with Gasteiger partial charge in [-0.2, -0.15) is 0 Å². The van der Waals surface area contributed by atoms with Gasteiger partial charge in [-0.3, -0.25) is 0 Å². The van der Waals surface area contributed by atoms with Crippen LogP contribution in [0.25, 0.3) is 10.9 Å². The lowest BCUT2D eigenvalue weighted by Gasteiger charge is -1.96. The van der Waals surface area contributed by atoms with Crippen LogP contribution in [-0.2, 0) is 0 Å². The Morgan fingerprint density at radius 3 is 2.27 bits per heavy atom. The van der Waals surface area contributed by atoms with Gasteiger partial charge in [0.25, 0.3) is 0 Å². The van der Waals surface area contributed by atoms with Gasteiger partial charge in [-0.15, -0.1) is 0 Å². The third-order valence-electron chi connectivity index (χ3n) is 1.88. The normalized spacial score (nSPS) is 10.1. The highest BCUT2D eigenvalue weighted by atomic mass is 16.3. The second kappa shape index (κ2) is 6.19. The topological polar surface area (TPSA) is 76.5 Å². The third kappa shape index (κ3) is 3.71. The first-order valence-corrected chi connectivity index (χ1v) is 4.70. The average molecular weight is 209 g/mol. The Balaban J connectivity index is 0.000000167. The molecule has 1 aromatic carbocycles. The minimum Gasteiger partial charge on any atom is -0.394 e. The fourth-order valence-electron chi connectivity index (χ4n) is 1.05. The summed E-state index contributed by atoms with van der Waals surface area (Å²) in [6.45, 7) is -0.729. The predicted octanol–water partition coefficient (Wildman–Crippen LogP) is 0.500. The monoisotopic (exact) mass is 209 g/mol. The molecule has 0 radical (unpaired) electrons. The quantitative estimate of drug-likeness (QED) is 0.581. The summed E-state index contributed by atoms with van der Waals surface area (Å²) in [4.78, 5) is 3.12. The van der Waals surface area contributed by atoms with E-state index in [9.17, 15) is 0 Å². The van der Waals surface area contributed by atoms with Crippen molar-refractivity contribution in [3.63, 3.8) is 0 Å². The summed E-state index contributed by atoms with van der Waals surface area (Å²) in [5.74, 6) is 0. The molecule has 4 N–H and O–H groups in total. The Morgan fingerprint density at radius 1 is 1.07 bits per heavy atom. The van der Waals surface area contributed by atoms with Gasteiger partial charge in [-0.25, -0.2) is 0 Å². The van der Waals surface area contributed by atoms with Gasteiger partial charge >= 0.3 is 0 Å². The van der Waals surface area contributed by atoms with Crippen molar-refractivity contribution in [3.05, 3.63) is 36.5 Å². The third-order valence-corrected chi connectivity index (χ3v) is 1.88. The zero-order valence-corrected chi connectivity index (χ0v) is 8.30. The van der Waals surface area contributed by atoms with E-state index in [1.54, 1.807) is 0 Å². The van der Waals surface area contributed by atoms with E-state index in [0.717, 1.165) is 0 Å². The second-order valence-corrected chi connectivity index (χ2v) is 3.08. The first-order valence-electron chi connectivity index (χ1n) is 4.70. The molecule has 4 heteroatoms. The number of aromatic nitrogens is 1. The first-order chi connectivity index (χ1) is 7.27. The second-order valence-electron chi connectivity index (χ2n) is 3.08. The fourth-order valence-corrected chi connectivity index (χ4v) is 1.05. The largest absolute Gasteiger partial charge is 0.394 e. The van der Waals surface area contributed by atoms with E-state index in [4.69, 9.17) is 15.3 Å². The molecule has 0 aliphatic rings. The molecule has 0 amide bonds. The number of benzene rings is 1. The van der Waals surface area contributed by atoms with E-state index in [1.165, 1.54) is 10.9 Å². The highest BCUT2D eigenvalue weighted by Gasteiger charge is 1.93. The number of hydrogen-bond donors (Lipinski definition) is 4. The van der Waals surface area contributed by atoms with Gasteiger partial charge in [0.2, 0.25) is 0 Å². The van der Waals surface area contributed by atoms with E-state index in [-0.39, 0.29) is 13.2 Å². The first kappa shape index (κ1) is 11.7. The molecule has 82 valence electrons. The van der Waals surface area contributed by atoms with Crippen LogP contribution in [-0.4, -0.2) is 39.6 Å². The van der Waals surface area contributed by atoms with E-state index >= 15 is 0 Å². The molecule has 1 heterocycles. The van der Waals surface area contributed by atoms with Crippen molar-refractivity contribution < 1.29 is 15.3 Å². The highest BCUT2D eigenvalue weighted by molar-refractivity contribution is 5.78. The smallest absolute Gasteiger partial charge is 0.100 e. The maximum Gasteiger partial charge on any atom is 0.100 e. The van der Waals surface area contributed by atoms with Crippen molar-refractivity contribution in [2.24, 2.45) is 0 Å². The van der Waals surface area contributed by atoms with E-state index in [2.05, 4.69) is 23.2 Å². The molecule has 15 heavy (non-hydrogen) atoms. The Morgan fingerprint density at radius 2 is 1.73 bits per heavy atom. The lowest BCUT2D eigenvalue weighted by molar-refractivity contribution is 0.0450. The zero-order valence-electron chi connectivity index (χ0n) is 8.30. The van der Waals surface area contributed by atoms with Crippen LogP contribution in [0.5, 0.6) is 0 Å². The van der Waals surface area contributed by atoms with Gasteiger partial charge in [-0.1, -0.05) is 18.2 Å². The minimum atomic E-state index is -0.954. The molecule has 0 saturated heterocycles. The summed E-state index contributed by atoms with van der Waals surface area (Å²) in [6.07, 6.45) is 0.995. The number of nitrogens with one attached hydrogen (secondary N) is 1. The number of fused-ring (bicyclic) bond motifs is 1. The standard InChI is InChI=1S/C8H7N.C3H8O3/c1-2-4-8-7(3-1)5-6-9-8;4-1-3(6)2-5/h1-6,9H;3-6H,1-2H2. The zero-order chi connectivity index (χ0) is 11.1. The SMILES string of the molecule is OCC(O)CO.c1ccc2[nH]ccc2c1. The van der Waals surface area contributed by atoms with E-state index in [0.29, 0.717) is 0 Å². The van der Waals surface area contributed by atoms with Crippen LogP contribution >= 0.6 is 0 Å². The van der Waals surface area contributed by atoms with Crippen LogP contribution in [0.3, 0.4) is 0 Å². The Labute approximate surface area is 87.8 Å². The summed E-state index contributed by atoms with van der Waals surface area (Å²) in [5, 5.41) is 25.3. The Hall–Kier alpha value is -1.36. The van der Waals surface area contributed by atoms with Crippen LogP contribution < -0.4 is 0 Å². The molecule has 2 rings (SSSR count). The molecule has 2 aromatic rings. The number of rotatable bonds is 2. The number of H-pyrrole nitrogens is 1. The van der Waals surface area contributed by atoms with Crippen molar-refractivity contribution in [2.45, 2.75) is 6.10 Å². The number of aromatic amines is 1. The van der Waals surface area contributed by atoms with E-state index < -0.39 is 6.10 Å². The number of aliphatic hydroxyl groups excluding tert-OH is 3. The fraction of sp³-hybridized carbons (Fsp3) is 0.273.